The maximum absolute atomic E-state index is 11.8. The fraction of sp³-hybridized carbons (Fsp3) is 0.571. The van der Waals surface area contributed by atoms with Crippen LogP contribution in [0.15, 0.2) is 22.9 Å². The molecule has 1 saturated heterocycles. The number of nitrogens with one attached hydrogen (secondary N) is 1. The minimum Gasteiger partial charge on any atom is -0.378 e. The van der Waals surface area contributed by atoms with E-state index in [1.54, 1.807) is 12.4 Å². The van der Waals surface area contributed by atoms with Gasteiger partial charge in [0.15, 0.2) is 0 Å². The van der Waals surface area contributed by atoms with Gasteiger partial charge in [-0.2, -0.15) is 0 Å². The molecule has 0 atom stereocenters. The lowest BCUT2D eigenvalue weighted by atomic mass is 10.1. The van der Waals surface area contributed by atoms with Crippen LogP contribution in [0.5, 0.6) is 0 Å². The molecule has 5 heteroatoms. The molecule has 1 aliphatic heterocycles. The molecule has 1 N–H and O–H groups in total. The van der Waals surface area contributed by atoms with Gasteiger partial charge in [0.2, 0.25) is 0 Å². The number of ether oxygens (including phenoxy) is 1. The summed E-state index contributed by atoms with van der Waals surface area (Å²) in [6.45, 7) is 2.57. The molecule has 0 radical (unpaired) electrons. The van der Waals surface area contributed by atoms with E-state index in [-0.39, 0.29) is 5.78 Å². The largest absolute Gasteiger partial charge is 0.378 e. The normalized spacial score (nSPS) is 16.5. The van der Waals surface area contributed by atoms with Crippen LogP contribution in [-0.2, 0) is 16.0 Å². The van der Waals surface area contributed by atoms with Crippen molar-refractivity contribution in [1.82, 2.24) is 10.3 Å². The molecule has 104 valence electrons. The van der Waals surface area contributed by atoms with Crippen LogP contribution in [0.3, 0.4) is 0 Å². The number of rotatable bonds is 6. The Morgan fingerprint density at radius 3 is 2.95 bits per heavy atom. The van der Waals surface area contributed by atoms with Crippen molar-refractivity contribution < 1.29 is 9.53 Å². The first-order chi connectivity index (χ1) is 9.24. The van der Waals surface area contributed by atoms with Crippen molar-refractivity contribution >= 4 is 21.7 Å². The number of piperidine rings is 1. The van der Waals surface area contributed by atoms with E-state index in [2.05, 4.69) is 26.2 Å². The number of ketones is 1. The van der Waals surface area contributed by atoms with Gasteiger partial charge in [-0.05, 0) is 53.5 Å². The van der Waals surface area contributed by atoms with Crippen LogP contribution in [-0.4, -0.2) is 36.6 Å². The Bertz CT molecular complexity index is 420. The van der Waals surface area contributed by atoms with E-state index >= 15 is 0 Å². The first kappa shape index (κ1) is 14.6. The molecule has 0 amide bonds. The van der Waals surface area contributed by atoms with Crippen LogP contribution in [0.2, 0.25) is 0 Å². The van der Waals surface area contributed by atoms with E-state index in [1.807, 2.05) is 6.07 Å². The minimum absolute atomic E-state index is 0.203. The zero-order valence-electron chi connectivity index (χ0n) is 10.9. The molecule has 1 aliphatic rings. The summed E-state index contributed by atoms with van der Waals surface area (Å²) in [6.07, 6.45) is 6.78. The second kappa shape index (κ2) is 7.72. The Kier molecular flexibility index (Phi) is 5.94. The molecule has 0 aliphatic carbocycles. The Morgan fingerprint density at radius 2 is 2.21 bits per heavy atom. The highest BCUT2D eigenvalue weighted by atomic mass is 79.9. The van der Waals surface area contributed by atoms with Crippen LogP contribution in [0.1, 0.15) is 24.8 Å². The van der Waals surface area contributed by atoms with Crippen LogP contribution >= 0.6 is 15.9 Å². The average Bonchev–Trinajstić information content (AvgIpc) is 2.40. The fourth-order valence-electron chi connectivity index (χ4n) is 2.17. The van der Waals surface area contributed by atoms with Gasteiger partial charge in [0.1, 0.15) is 5.78 Å². The van der Waals surface area contributed by atoms with Crippen molar-refractivity contribution in [3.05, 3.63) is 28.5 Å². The Labute approximate surface area is 122 Å². The Hall–Kier alpha value is -0.780. The van der Waals surface area contributed by atoms with Gasteiger partial charge in [0.25, 0.3) is 0 Å². The van der Waals surface area contributed by atoms with Crippen molar-refractivity contribution in [3.63, 3.8) is 0 Å². The lowest BCUT2D eigenvalue weighted by Gasteiger charge is -2.22. The summed E-state index contributed by atoms with van der Waals surface area (Å²) in [6, 6.07) is 1.93. The molecule has 0 aromatic carbocycles. The summed E-state index contributed by atoms with van der Waals surface area (Å²) in [5, 5.41) is 3.29. The van der Waals surface area contributed by atoms with Crippen LogP contribution in [0.25, 0.3) is 0 Å². The number of aromatic nitrogens is 1. The third kappa shape index (κ3) is 5.38. The van der Waals surface area contributed by atoms with E-state index in [0.717, 1.165) is 36.0 Å². The molecular formula is C14H19BrN2O2. The molecular weight excluding hydrogens is 308 g/mol. The SMILES string of the molecule is O=C(CCOC1CCNCC1)Cc1cncc(Br)c1. The molecule has 1 aromatic heterocycles. The molecule has 0 spiro atoms. The van der Waals surface area contributed by atoms with Crippen LogP contribution < -0.4 is 5.32 Å². The van der Waals surface area contributed by atoms with Crippen molar-refractivity contribution in [2.75, 3.05) is 19.7 Å². The van der Waals surface area contributed by atoms with Gasteiger partial charge in [-0.25, -0.2) is 0 Å². The summed E-state index contributed by atoms with van der Waals surface area (Å²) in [4.78, 5) is 15.9. The molecule has 1 aromatic rings. The first-order valence-corrected chi connectivity index (χ1v) is 7.47. The zero-order chi connectivity index (χ0) is 13.5. The minimum atomic E-state index is 0.203. The highest BCUT2D eigenvalue weighted by molar-refractivity contribution is 9.10. The lowest BCUT2D eigenvalue weighted by Crippen LogP contribution is -2.32. The smallest absolute Gasteiger partial charge is 0.139 e. The van der Waals surface area contributed by atoms with Crippen LogP contribution in [0.4, 0.5) is 0 Å². The number of hydrogen-bond donors (Lipinski definition) is 1. The second-order valence-corrected chi connectivity index (χ2v) is 5.71. The standard InChI is InChI=1S/C14H19BrN2O2/c15-12-7-11(9-17-10-12)8-13(18)3-6-19-14-1-4-16-5-2-14/h7,9-10,14,16H,1-6,8H2. The van der Waals surface area contributed by atoms with Gasteiger partial charge in [0.05, 0.1) is 12.7 Å². The summed E-state index contributed by atoms with van der Waals surface area (Å²) >= 11 is 3.35. The number of nitrogens with zero attached hydrogens (tertiary/aromatic N) is 1. The first-order valence-electron chi connectivity index (χ1n) is 6.67. The summed E-state index contributed by atoms with van der Waals surface area (Å²) in [5.41, 5.74) is 0.946. The maximum Gasteiger partial charge on any atom is 0.139 e. The van der Waals surface area contributed by atoms with Gasteiger partial charge < -0.3 is 10.1 Å². The summed E-state index contributed by atoms with van der Waals surface area (Å²) in [7, 11) is 0. The Morgan fingerprint density at radius 1 is 1.42 bits per heavy atom. The topological polar surface area (TPSA) is 51.2 Å². The number of halogens is 1. The van der Waals surface area contributed by atoms with E-state index in [9.17, 15) is 4.79 Å². The third-order valence-corrected chi connectivity index (χ3v) is 3.62. The monoisotopic (exact) mass is 326 g/mol. The number of Topliss-reactive ketones (excluding diaryl/α,β-unsaturated/α-hetero) is 1. The summed E-state index contributed by atoms with van der Waals surface area (Å²) in [5.74, 6) is 0.203. The summed E-state index contributed by atoms with van der Waals surface area (Å²) < 4.78 is 6.64. The number of hydrogen-bond acceptors (Lipinski definition) is 4. The predicted octanol–water partition coefficient (Wildman–Crippen LogP) is 2.11. The van der Waals surface area contributed by atoms with Crippen LogP contribution in [0, 0.1) is 0 Å². The van der Waals surface area contributed by atoms with Gasteiger partial charge >= 0.3 is 0 Å². The van der Waals surface area contributed by atoms with E-state index < -0.39 is 0 Å². The van der Waals surface area contributed by atoms with Gasteiger partial charge in [-0.3, -0.25) is 9.78 Å². The van der Waals surface area contributed by atoms with E-state index in [1.165, 1.54) is 0 Å². The number of carbonyl (C=O) groups is 1. The molecule has 2 rings (SSSR count). The van der Waals surface area contributed by atoms with Gasteiger partial charge in [-0.1, -0.05) is 0 Å². The molecule has 1 fully saturated rings. The molecule has 2 heterocycles. The number of carbonyl (C=O) groups excluding carboxylic acids is 1. The van der Waals surface area contributed by atoms with Crippen molar-refractivity contribution in [1.29, 1.82) is 0 Å². The van der Waals surface area contributed by atoms with Crippen molar-refractivity contribution in [3.8, 4) is 0 Å². The van der Waals surface area contributed by atoms with Crippen molar-refractivity contribution in [2.45, 2.75) is 31.8 Å². The highest BCUT2D eigenvalue weighted by Gasteiger charge is 2.13. The van der Waals surface area contributed by atoms with Gasteiger partial charge in [0, 0.05) is 29.7 Å². The molecule has 4 nitrogen and oxygen atoms in total. The molecule has 0 saturated carbocycles. The van der Waals surface area contributed by atoms with E-state index in [0.29, 0.717) is 25.6 Å². The third-order valence-electron chi connectivity index (χ3n) is 3.18. The quantitative estimate of drug-likeness (QED) is 0.870. The molecule has 0 bridgehead atoms. The second-order valence-electron chi connectivity index (χ2n) is 4.80. The Balaban J connectivity index is 1.67. The predicted molar refractivity (Wildman–Crippen MR) is 77.1 cm³/mol. The van der Waals surface area contributed by atoms with E-state index in [4.69, 9.17) is 4.74 Å². The highest BCUT2D eigenvalue weighted by Crippen LogP contribution is 2.11. The lowest BCUT2D eigenvalue weighted by molar-refractivity contribution is -0.120. The zero-order valence-corrected chi connectivity index (χ0v) is 12.5. The fourth-order valence-corrected chi connectivity index (χ4v) is 2.58. The average molecular weight is 327 g/mol. The van der Waals surface area contributed by atoms with Gasteiger partial charge in [-0.15, -0.1) is 0 Å². The molecule has 19 heavy (non-hydrogen) atoms. The van der Waals surface area contributed by atoms with Crippen molar-refractivity contribution in [2.24, 2.45) is 0 Å². The number of pyridine rings is 1. The maximum atomic E-state index is 11.8. The molecule has 0 unspecified atom stereocenters.